The normalized spacial score (nSPS) is 17.8. The number of alkyl carbamates (subject to hydrolysis) is 1. The smallest absolute Gasteiger partial charge is 0.408 e. The highest BCUT2D eigenvalue weighted by Gasteiger charge is 2.49. The fourth-order valence-corrected chi connectivity index (χ4v) is 5.43. The number of thioether (sulfide) groups is 1. The summed E-state index contributed by atoms with van der Waals surface area (Å²) in [5.41, 5.74) is 1.54. The maximum atomic E-state index is 13.5. The third-order valence-corrected chi connectivity index (χ3v) is 7.75. The van der Waals surface area contributed by atoms with Crippen LogP contribution in [0.25, 0.3) is 0 Å². The SMILES string of the molecule is C#CCOC(=O)NC(Cc1ccccc1)C(O)C(=O)N1CSC(C)(C)C1C(=O)NCc1ccccc1Cl. The topological polar surface area (TPSA) is 108 Å². The number of carbonyl (C=O) groups is 3. The molecule has 0 aromatic heterocycles. The first kappa shape index (κ1) is 28.4. The van der Waals surface area contributed by atoms with Crippen LogP contribution in [0.15, 0.2) is 54.6 Å². The molecule has 8 nitrogen and oxygen atoms in total. The number of nitrogens with zero attached hydrogens (tertiary/aromatic N) is 1. The predicted octanol–water partition coefficient (Wildman–Crippen LogP) is 2.97. The Labute approximate surface area is 226 Å². The highest BCUT2D eigenvalue weighted by Crippen LogP contribution is 2.40. The van der Waals surface area contributed by atoms with Crippen LogP contribution in [0.5, 0.6) is 0 Å². The molecular formula is C27H30ClN3O5S. The lowest BCUT2D eigenvalue weighted by molar-refractivity contribution is -0.147. The van der Waals surface area contributed by atoms with Crippen LogP contribution in [0.1, 0.15) is 25.0 Å². The van der Waals surface area contributed by atoms with Gasteiger partial charge in [0.15, 0.2) is 12.7 Å². The molecule has 0 bridgehead atoms. The van der Waals surface area contributed by atoms with E-state index in [-0.39, 0.29) is 31.4 Å². The van der Waals surface area contributed by atoms with E-state index in [9.17, 15) is 19.5 Å². The van der Waals surface area contributed by atoms with Crippen LogP contribution in [-0.4, -0.2) is 63.3 Å². The molecule has 1 saturated heterocycles. The number of ether oxygens (including phenoxy) is 1. The molecule has 1 heterocycles. The van der Waals surface area contributed by atoms with E-state index in [2.05, 4.69) is 16.6 Å². The van der Waals surface area contributed by atoms with Gasteiger partial charge >= 0.3 is 6.09 Å². The van der Waals surface area contributed by atoms with Crippen molar-refractivity contribution in [2.45, 2.75) is 49.7 Å². The maximum Gasteiger partial charge on any atom is 0.408 e. The molecule has 0 aliphatic carbocycles. The summed E-state index contributed by atoms with van der Waals surface area (Å²) < 4.78 is 4.27. The van der Waals surface area contributed by atoms with Crippen LogP contribution in [0.4, 0.5) is 4.79 Å². The molecule has 3 unspecified atom stereocenters. The van der Waals surface area contributed by atoms with Crippen molar-refractivity contribution in [3.63, 3.8) is 0 Å². The summed E-state index contributed by atoms with van der Waals surface area (Å²) in [4.78, 5) is 40.4. The second kappa shape index (κ2) is 12.9. The molecule has 1 fully saturated rings. The number of rotatable bonds is 9. The van der Waals surface area contributed by atoms with Crippen molar-refractivity contribution < 1.29 is 24.2 Å². The minimum atomic E-state index is -1.63. The fourth-order valence-electron chi connectivity index (χ4n) is 4.09. The lowest BCUT2D eigenvalue weighted by atomic mass is 9.97. The Bertz CT molecular complexity index is 1150. The second-order valence-corrected chi connectivity index (χ2v) is 11.1. The summed E-state index contributed by atoms with van der Waals surface area (Å²) >= 11 is 7.64. The highest BCUT2D eigenvalue weighted by molar-refractivity contribution is 8.00. The zero-order valence-electron chi connectivity index (χ0n) is 20.6. The molecule has 3 N–H and O–H groups in total. The molecule has 0 radical (unpaired) electrons. The molecular weight excluding hydrogens is 514 g/mol. The van der Waals surface area contributed by atoms with Gasteiger partial charge in [-0.15, -0.1) is 18.2 Å². The zero-order valence-corrected chi connectivity index (χ0v) is 22.2. The second-order valence-electron chi connectivity index (χ2n) is 9.06. The molecule has 196 valence electrons. The largest absolute Gasteiger partial charge is 0.436 e. The summed E-state index contributed by atoms with van der Waals surface area (Å²) in [7, 11) is 0. The van der Waals surface area contributed by atoms with Crippen molar-refractivity contribution in [1.29, 1.82) is 0 Å². The Morgan fingerprint density at radius 2 is 1.89 bits per heavy atom. The van der Waals surface area contributed by atoms with Crippen molar-refractivity contribution in [2.75, 3.05) is 12.5 Å². The van der Waals surface area contributed by atoms with Crippen LogP contribution in [-0.2, 0) is 27.3 Å². The van der Waals surface area contributed by atoms with Gasteiger partial charge in [0, 0.05) is 16.3 Å². The van der Waals surface area contributed by atoms with Crippen LogP contribution in [0.3, 0.4) is 0 Å². The first-order valence-corrected chi connectivity index (χ1v) is 13.0. The van der Waals surface area contributed by atoms with Gasteiger partial charge in [-0.1, -0.05) is 66.1 Å². The number of aliphatic hydroxyl groups is 1. The number of hydrogen-bond donors (Lipinski definition) is 3. The number of nitrogens with one attached hydrogen (secondary N) is 2. The summed E-state index contributed by atoms with van der Waals surface area (Å²) in [5, 5.41) is 17.1. The van der Waals surface area contributed by atoms with Gasteiger partial charge in [-0.3, -0.25) is 9.59 Å². The van der Waals surface area contributed by atoms with Crippen LogP contribution in [0, 0.1) is 12.3 Å². The maximum absolute atomic E-state index is 13.5. The first-order chi connectivity index (χ1) is 17.6. The summed E-state index contributed by atoms with van der Waals surface area (Å²) in [5.74, 6) is 1.36. The van der Waals surface area contributed by atoms with E-state index >= 15 is 0 Å². The molecule has 0 spiro atoms. The van der Waals surface area contributed by atoms with Gasteiger partial charge in [0.1, 0.15) is 6.04 Å². The Morgan fingerprint density at radius 1 is 1.22 bits per heavy atom. The van der Waals surface area contributed by atoms with Gasteiger partial charge in [-0.25, -0.2) is 4.79 Å². The number of hydrogen-bond acceptors (Lipinski definition) is 6. The summed E-state index contributed by atoms with van der Waals surface area (Å²) in [6, 6.07) is 14.4. The lowest BCUT2D eigenvalue weighted by Crippen LogP contribution is -2.58. The van der Waals surface area contributed by atoms with E-state index in [1.54, 1.807) is 12.1 Å². The minimum absolute atomic E-state index is 0.159. The fraction of sp³-hybridized carbons (Fsp3) is 0.370. The molecule has 2 aromatic rings. The number of amides is 3. The number of carbonyl (C=O) groups excluding carboxylic acids is 3. The number of terminal acetylenes is 1. The van der Waals surface area contributed by atoms with Crippen LogP contribution in [0.2, 0.25) is 5.02 Å². The molecule has 37 heavy (non-hydrogen) atoms. The van der Waals surface area contributed by atoms with Crippen molar-refractivity contribution >= 4 is 41.3 Å². The Balaban J connectivity index is 1.77. The Morgan fingerprint density at radius 3 is 2.57 bits per heavy atom. The first-order valence-electron chi connectivity index (χ1n) is 11.7. The van der Waals surface area contributed by atoms with E-state index in [4.69, 9.17) is 22.8 Å². The van der Waals surface area contributed by atoms with E-state index in [1.165, 1.54) is 16.7 Å². The minimum Gasteiger partial charge on any atom is -0.436 e. The molecule has 1 aliphatic rings. The predicted molar refractivity (Wildman–Crippen MR) is 144 cm³/mol. The monoisotopic (exact) mass is 543 g/mol. The van der Waals surface area contributed by atoms with Gasteiger partial charge in [-0.05, 0) is 37.5 Å². The lowest BCUT2D eigenvalue weighted by Gasteiger charge is -2.33. The van der Waals surface area contributed by atoms with E-state index in [0.29, 0.717) is 5.02 Å². The standard InChI is InChI=1S/C27H30ClN3O5S/c1-4-14-36-26(35)30-21(15-18-10-6-5-7-11-18)22(32)25(34)31-17-37-27(2,3)23(31)24(33)29-16-19-12-8-9-13-20(19)28/h1,5-13,21-23,32H,14-17H2,2-3H3,(H,29,33)(H,30,35). The number of halogens is 1. The van der Waals surface area contributed by atoms with Crippen LogP contribution >= 0.6 is 23.4 Å². The quantitative estimate of drug-likeness (QED) is 0.420. The zero-order chi connectivity index (χ0) is 27.0. The van der Waals surface area contributed by atoms with Crippen molar-refractivity contribution in [1.82, 2.24) is 15.5 Å². The molecule has 1 aliphatic heterocycles. The third-order valence-electron chi connectivity index (χ3n) is 6.01. The molecule has 3 atom stereocenters. The Hall–Kier alpha value is -3.19. The van der Waals surface area contributed by atoms with Gasteiger partial charge < -0.3 is 25.4 Å². The van der Waals surface area contributed by atoms with E-state index in [0.717, 1.165) is 11.1 Å². The van der Waals surface area contributed by atoms with Gasteiger partial charge in [-0.2, -0.15) is 0 Å². The number of aliphatic hydroxyl groups excluding tert-OH is 1. The molecule has 3 rings (SSSR count). The van der Waals surface area contributed by atoms with Gasteiger partial charge in [0.05, 0.1) is 11.9 Å². The molecule has 2 aromatic carbocycles. The summed E-state index contributed by atoms with van der Waals surface area (Å²) in [6.07, 6.45) is 2.82. The number of benzene rings is 2. The van der Waals surface area contributed by atoms with Crippen LogP contribution < -0.4 is 10.6 Å². The highest BCUT2D eigenvalue weighted by atomic mass is 35.5. The van der Waals surface area contributed by atoms with Gasteiger partial charge in [0.25, 0.3) is 5.91 Å². The Kier molecular flexibility index (Phi) is 9.86. The summed E-state index contributed by atoms with van der Waals surface area (Å²) in [6.45, 7) is 3.68. The van der Waals surface area contributed by atoms with Crippen molar-refractivity contribution in [3.05, 3.63) is 70.7 Å². The third kappa shape index (κ3) is 7.41. The van der Waals surface area contributed by atoms with Crippen molar-refractivity contribution in [3.8, 4) is 12.3 Å². The average molecular weight is 544 g/mol. The molecule has 0 saturated carbocycles. The molecule has 3 amide bonds. The van der Waals surface area contributed by atoms with E-state index in [1.807, 2.05) is 56.3 Å². The average Bonchev–Trinajstić information content (AvgIpc) is 3.21. The van der Waals surface area contributed by atoms with E-state index < -0.39 is 34.9 Å². The van der Waals surface area contributed by atoms with Gasteiger partial charge in [0.2, 0.25) is 5.91 Å². The molecule has 10 heteroatoms. The van der Waals surface area contributed by atoms with Crippen molar-refractivity contribution in [2.24, 2.45) is 0 Å².